The standard InChI is InChI=1S/C13H18ClN3O2/c1-17-7-3-2-4-9(17)8-15-12-10(13(18)19)5-6-11(14)16-12/h5-6,9H,2-4,7-8H2,1H3,(H,15,16)(H,18,19). The lowest BCUT2D eigenvalue weighted by Crippen LogP contribution is -2.41. The quantitative estimate of drug-likeness (QED) is 0.830. The van der Waals surface area contributed by atoms with Crippen molar-refractivity contribution < 1.29 is 9.90 Å². The van der Waals surface area contributed by atoms with Crippen LogP contribution in [0.15, 0.2) is 12.1 Å². The van der Waals surface area contributed by atoms with Crippen molar-refractivity contribution in [3.8, 4) is 0 Å². The van der Waals surface area contributed by atoms with Crippen LogP contribution in [0.4, 0.5) is 5.82 Å². The molecule has 1 aromatic heterocycles. The fraction of sp³-hybridized carbons (Fsp3) is 0.538. The number of anilines is 1. The van der Waals surface area contributed by atoms with Gasteiger partial charge in [0.1, 0.15) is 16.5 Å². The van der Waals surface area contributed by atoms with Crippen molar-refractivity contribution in [3.05, 3.63) is 22.8 Å². The highest BCUT2D eigenvalue weighted by Crippen LogP contribution is 2.19. The number of hydrogen-bond donors (Lipinski definition) is 2. The molecular formula is C13H18ClN3O2. The Labute approximate surface area is 117 Å². The molecule has 1 aliphatic rings. The van der Waals surface area contributed by atoms with Crippen LogP contribution in [0.5, 0.6) is 0 Å². The van der Waals surface area contributed by atoms with E-state index < -0.39 is 5.97 Å². The van der Waals surface area contributed by atoms with E-state index in [1.807, 2.05) is 0 Å². The first-order chi connectivity index (χ1) is 9.08. The summed E-state index contributed by atoms with van der Waals surface area (Å²) in [6.45, 7) is 1.77. The van der Waals surface area contributed by atoms with Crippen LogP contribution in [-0.2, 0) is 0 Å². The minimum atomic E-state index is -0.997. The maximum atomic E-state index is 11.1. The molecule has 0 spiro atoms. The number of likely N-dealkylation sites (tertiary alicyclic amines) is 1. The van der Waals surface area contributed by atoms with Crippen molar-refractivity contribution in [2.75, 3.05) is 25.5 Å². The monoisotopic (exact) mass is 283 g/mol. The number of nitrogens with zero attached hydrogens (tertiary/aromatic N) is 2. The van der Waals surface area contributed by atoms with E-state index in [1.165, 1.54) is 25.0 Å². The minimum absolute atomic E-state index is 0.155. The van der Waals surface area contributed by atoms with Crippen LogP contribution < -0.4 is 5.32 Å². The van der Waals surface area contributed by atoms with E-state index >= 15 is 0 Å². The van der Waals surface area contributed by atoms with Crippen LogP contribution in [-0.4, -0.2) is 47.1 Å². The highest BCUT2D eigenvalue weighted by molar-refractivity contribution is 6.29. The molecule has 0 saturated carbocycles. The zero-order chi connectivity index (χ0) is 13.8. The number of carbonyl (C=O) groups is 1. The third-order valence-electron chi connectivity index (χ3n) is 3.52. The van der Waals surface area contributed by atoms with Crippen LogP contribution in [0.1, 0.15) is 29.6 Å². The molecule has 1 fully saturated rings. The summed E-state index contributed by atoms with van der Waals surface area (Å²) >= 11 is 5.82. The first-order valence-corrected chi connectivity index (χ1v) is 6.79. The Hall–Kier alpha value is -1.33. The number of aromatic nitrogens is 1. The van der Waals surface area contributed by atoms with Gasteiger partial charge in [0.25, 0.3) is 0 Å². The first kappa shape index (κ1) is 14.1. The van der Waals surface area contributed by atoms with E-state index in [9.17, 15) is 4.79 Å². The molecule has 0 aromatic carbocycles. The molecule has 104 valence electrons. The van der Waals surface area contributed by atoms with Crippen LogP contribution in [0.25, 0.3) is 0 Å². The fourth-order valence-corrected chi connectivity index (χ4v) is 2.51. The maximum absolute atomic E-state index is 11.1. The molecule has 2 rings (SSSR count). The van der Waals surface area contributed by atoms with Gasteiger partial charge in [0.05, 0.1) is 0 Å². The average molecular weight is 284 g/mol. The van der Waals surface area contributed by atoms with E-state index in [2.05, 4.69) is 22.2 Å². The molecule has 0 bridgehead atoms. The van der Waals surface area contributed by atoms with Crippen molar-refractivity contribution in [1.82, 2.24) is 9.88 Å². The molecule has 6 heteroatoms. The number of carboxylic acid groups (broad SMARTS) is 1. The number of halogens is 1. The van der Waals surface area contributed by atoms with Crippen molar-refractivity contribution >= 4 is 23.4 Å². The number of rotatable bonds is 4. The van der Waals surface area contributed by atoms with E-state index in [1.54, 1.807) is 0 Å². The highest BCUT2D eigenvalue weighted by atomic mass is 35.5. The number of pyridine rings is 1. The zero-order valence-corrected chi connectivity index (χ0v) is 11.7. The summed E-state index contributed by atoms with van der Waals surface area (Å²) in [6.07, 6.45) is 3.56. The number of carboxylic acids is 1. The molecule has 2 N–H and O–H groups in total. The van der Waals surface area contributed by atoms with Gasteiger partial charge in [-0.25, -0.2) is 9.78 Å². The summed E-state index contributed by atoms with van der Waals surface area (Å²) < 4.78 is 0. The van der Waals surface area contributed by atoms with Gasteiger partial charge < -0.3 is 15.3 Å². The number of aromatic carboxylic acids is 1. The van der Waals surface area contributed by atoms with Gasteiger partial charge >= 0.3 is 5.97 Å². The molecule has 1 saturated heterocycles. The van der Waals surface area contributed by atoms with Gasteiger partial charge in [-0.2, -0.15) is 0 Å². The van der Waals surface area contributed by atoms with Crippen LogP contribution in [0.3, 0.4) is 0 Å². The van der Waals surface area contributed by atoms with Gasteiger partial charge in [-0.3, -0.25) is 0 Å². The molecule has 0 radical (unpaired) electrons. The predicted molar refractivity (Wildman–Crippen MR) is 75.0 cm³/mol. The molecule has 0 aliphatic carbocycles. The molecular weight excluding hydrogens is 266 g/mol. The zero-order valence-electron chi connectivity index (χ0n) is 10.9. The average Bonchev–Trinajstić information content (AvgIpc) is 2.37. The Morgan fingerprint density at radius 2 is 2.37 bits per heavy atom. The molecule has 5 nitrogen and oxygen atoms in total. The Morgan fingerprint density at radius 3 is 3.05 bits per heavy atom. The van der Waals surface area contributed by atoms with Gasteiger partial charge in [-0.15, -0.1) is 0 Å². The Balaban J connectivity index is 2.05. The van der Waals surface area contributed by atoms with E-state index in [0.29, 0.717) is 23.6 Å². The van der Waals surface area contributed by atoms with Gasteiger partial charge in [-0.1, -0.05) is 18.0 Å². The normalized spacial score (nSPS) is 20.2. The van der Waals surface area contributed by atoms with Crippen molar-refractivity contribution in [2.24, 2.45) is 0 Å². The second-order valence-corrected chi connectivity index (χ2v) is 5.23. The molecule has 0 amide bonds. The van der Waals surface area contributed by atoms with Gasteiger partial charge in [-0.05, 0) is 38.6 Å². The van der Waals surface area contributed by atoms with Crippen molar-refractivity contribution in [2.45, 2.75) is 25.3 Å². The lowest BCUT2D eigenvalue weighted by atomic mass is 10.0. The molecule has 1 atom stereocenters. The lowest BCUT2D eigenvalue weighted by Gasteiger charge is -2.32. The highest BCUT2D eigenvalue weighted by Gasteiger charge is 2.20. The summed E-state index contributed by atoms with van der Waals surface area (Å²) in [6, 6.07) is 3.38. The van der Waals surface area contributed by atoms with E-state index in [-0.39, 0.29) is 5.56 Å². The Morgan fingerprint density at radius 1 is 1.58 bits per heavy atom. The summed E-state index contributed by atoms with van der Waals surface area (Å²) in [5.41, 5.74) is 0.155. The Bertz CT molecular complexity index is 467. The lowest BCUT2D eigenvalue weighted by molar-refractivity contribution is 0.0697. The SMILES string of the molecule is CN1CCCCC1CNc1nc(Cl)ccc1C(=O)O. The summed E-state index contributed by atoms with van der Waals surface area (Å²) in [4.78, 5) is 17.5. The second kappa shape index (κ2) is 6.21. The summed E-state index contributed by atoms with van der Waals surface area (Å²) in [5.74, 6) is -0.650. The van der Waals surface area contributed by atoms with Gasteiger partial charge in [0, 0.05) is 12.6 Å². The molecule has 1 aromatic rings. The Kier molecular flexibility index (Phi) is 4.61. The molecule has 1 unspecified atom stereocenters. The maximum Gasteiger partial charge on any atom is 0.339 e. The number of piperidine rings is 1. The third kappa shape index (κ3) is 3.58. The second-order valence-electron chi connectivity index (χ2n) is 4.85. The molecule has 1 aliphatic heterocycles. The van der Waals surface area contributed by atoms with Crippen LogP contribution in [0.2, 0.25) is 5.15 Å². The van der Waals surface area contributed by atoms with Crippen molar-refractivity contribution in [3.63, 3.8) is 0 Å². The van der Waals surface area contributed by atoms with Gasteiger partial charge in [0.15, 0.2) is 0 Å². The summed E-state index contributed by atoms with van der Waals surface area (Å²) in [5, 5.41) is 12.5. The fourth-order valence-electron chi connectivity index (χ4n) is 2.36. The largest absolute Gasteiger partial charge is 0.478 e. The van der Waals surface area contributed by atoms with E-state index in [4.69, 9.17) is 16.7 Å². The minimum Gasteiger partial charge on any atom is -0.478 e. The molecule has 2 heterocycles. The summed E-state index contributed by atoms with van der Waals surface area (Å²) in [7, 11) is 2.09. The number of likely N-dealkylation sites (N-methyl/N-ethyl adjacent to an activating group) is 1. The van der Waals surface area contributed by atoms with E-state index in [0.717, 1.165) is 13.0 Å². The first-order valence-electron chi connectivity index (χ1n) is 6.42. The number of nitrogens with one attached hydrogen (secondary N) is 1. The predicted octanol–water partition coefficient (Wildman–Crippen LogP) is 2.33. The smallest absolute Gasteiger partial charge is 0.339 e. The van der Waals surface area contributed by atoms with Crippen LogP contribution >= 0.6 is 11.6 Å². The van der Waals surface area contributed by atoms with Crippen LogP contribution in [0, 0.1) is 0 Å². The van der Waals surface area contributed by atoms with Gasteiger partial charge in [0.2, 0.25) is 0 Å². The van der Waals surface area contributed by atoms with Crippen molar-refractivity contribution in [1.29, 1.82) is 0 Å². The third-order valence-corrected chi connectivity index (χ3v) is 3.73. The molecule has 19 heavy (non-hydrogen) atoms. The topological polar surface area (TPSA) is 65.5 Å². The number of hydrogen-bond acceptors (Lipinski definition) is 4.